The van der Waals surface area contributed by atoms with Crippen LogP contribution in [-0.4, -0.2) is 24.5 Å². The molecule has 0 aromatic heterocycles. The molecule has 1 heterocycles. The summed E-state index contributed by atoms with van der Waals surface area (Å²) in [6, 6.07) is 0. The Kier molecular flexibility index (Phi) is 2.99. The zero-order valence-corrected chi connectivity index (χ0v) is 10.8. The highest BCUT2D eigenvalue weighted by atomic mass is 15.1. The molecule has 0 spiro atoms. The van der Waals surface area contributed by atoms with Crippen molar-refractivity contribution in [2.75, 3.05) is 13.1 Å². The fourth-order valence-corrected chi connectivity index (χ4v) is 2.97. The number of nitrogens with zero attached hydrogens (tertiary/aromatic N) is 1. The maximum Gasteiger partial charge on any atom is 0.117 e. The molecule has 1 aliphatic carbocycles. The van der Waals surface area contributed by atoms with E-state index < -0.39 is 0 Å². The Hall–Kier alpha value is -0.570. The molecule has 0 aromatic rings. The molecule has 3 N–H and O–H groups in total. The molecular weight excluding hydrogens is 198 g/mol. The molecule has 0 atom stereocenters. The molecular formula is C13H25N3. The molecule has 0 amide bonds. The standard InChI is InChI=1S/C13H25N3/c1-12(2,3)10-4-6-13(14,7-5-10)11-15-8-9-16-11/h10H,4-9,14H2,1-3H3,(H,15,16). The lowest BCUT2D eigenvalue weighted by molar-refractivity contribution is 0.156. The molecule has 2 aliphatic rings. The van der Waals surface area contributed by atoms with E-state index >= 15 is 0 Å². The molecule has 0 saturated heterocycles. The molecule has 16 heavy (non-hydrogen) atoms. The highest BCUT2D eigenvalue weighted by molar-refractivity contribution is 5.92. The number of nitrogens with two attached hydrogens (primary N) is 1. The quantitative estimate of drug-likeness (QED) is 0.713. The van der Waals surface area contributed by atoms with E-state index in [0.717, 1.165) is 37.7 Å². The van der Waals surface area contributed by atoms with Crippen LogP contribution < -0.4 is 11.1 Å². The summed E-state index contributed by atoms with van der Waals surface area (Å²) in [6.45, 7) is 8.89. The molecule has 0 radical (unpaired) electrons. The predicted molar refractivity (Wildman–Crippen MR) is 68.6 cm³/mol. The number of amidine groups is 1. The van der Waals surface area contributed by atoms with E-state index in [1.807, 2.05) is 0 Å². The van der Waals surface area contributed by atoms with Gasteiger partial charge in [0.15, 0.2) is 0 Å². The first-order chi connectivity index (χ1) is 7.42. The van der Waals surface area contributed by atoms with Gasteiger partial charge in [0.05, 0.1) is 12.1 Å². The largest absolute Gasteiger partial charge is 0.370 e. The highest BCUT2D eigenvalue weighted by Gasteiger charge is 2.40. The van der Waals surface area contributed by atoms with Gasteiger partial charge in [-0.05, 0) is 37.0 Å². The first-order valence-electron chi connectivity index (χ1n) is 6.49. The number of hydrogen-bond acceptors (Lipinski definition) is 3. The summed E-state index contributed by atoms with van der Waals surface area (Å²) in [6.07, 6.45) is 4.64. The van der Waals surface area contributed by atoms with Crippen molar-refractivity contribution in [1.29, 1.82) is 0 Å². The third-order valence-corrected chi connectivity index (χ3v) is 4.25. The minimum atomic E-state index is -0.155. The molecule has 1 saturated carbocycles. The molecule has 0 aromatic carbocycles. The number of rotatable bonds is 1. The Morgan fingerprint density at radius 3 is 2.38 bits per heavy atom. The first-order valence-corrected chi connectivity index (χ1v) is 6.49. The normalized spacial score (nSPS) is 35.8. The van der Waals surface area contributed by atoms with Crippen molar-refractivity contribution in [3.05, 3.63) is 0 Å². The van der Waals surface area contributed by atoms with Gasteiger partial charge in [0.1, 0.15) is 5.84 Å². The molecule has 1 aliphatic heterocycles. The summed E-state index contributed by atoms with van der Waals surface area (Å²) in [5.74, 6) is 1.88. The summed E-state index contributed by atoms with van der Waals surface area (Å²) in [7, 11) is 0. The van der Waals surface area contributed by atoms with Gasteiger partial charge in [0.25, 0.3) is 0 Å². The lowest BCUT2D eigenvalue weighted by Crippen LogP contribution is -2.55. The SMILES string of the molecule is CC(C)(C)C1CCC(N)(C2=NCCN2)CC1. The Morgan fingerprint density at radius 2 is 1.94 bits per heavy atom. The number of aliphatic imine (C=N–C) groups is 1. The second kappa shape index (κ2) is 4.02. The van der Waals surface area contributed by atoms with Crippen LogP contribution in [0.25, 0.3) is 0 Å². The fraction of sp³-hybridized carbons (Fsp3) is 0.923. The topological polar surface area (TPSA) is 50.4 Å². The molecule has 2 rings (SSSR count). The maximum atomic E-state index is 6.48. The van der Waals surface area contributed by atoms with Crippen molar-refractivity contribution in [1.82, 2.24) is 5.32 Å². The first kappa shape index (κ1) is 11.9. The Morgan fingerprint density at radius 1 is 1.31 bits per heavy atom. The van der Waals surface area contributed by atoms with Crippen LogP contribution in [0.4, 0.5) is 0 Å². The van der Waals surface area contributed by atoms with Crippen molar-refractivity contribution in [2.45, 2.75) is 52.0 Å². The minimum absolute atomic E-state index is 0.155. The molecule has 3 nitrogen and oxygen atoms in total. The second-order valence-electron chi connectivity index (χ2n) is 6.45. The van der Waals surface area contributed by atoms with E-state index in [9.17, 15) is 0 Å². The lowest BCUT2D eigenvalue weighted by atomic mass is 9.67. The lowest BCUT2D eigenvalue weighted by Gasteiger charge is -2.42. The van der Waals surface area contributed by atoms with Crippen molar-refractivity contribution < 1.29 is 0 Å². The zero-order valence-electron chi connectivity index (χ0n) is 10.8. The summed E-state index contributed by atoms with van der Waals surface area (Å²) >= 11 is 0. The summed E-state index contributed by atoms with van der Waals surface area (Å²) in [5, 5.41) is 3.35. The third-order valence-electron chi connectivity index (χ3n) is 4.25. The number of hydrogen-bond donors (Lipinski definition) is 2. The summed E-state index contributed by atoms with van der Waals surface area (Å²) < 4.78 is 0. The average molecular weight is 223 g/mol. The van der Waals surface area contributed by atoms with Gasteiger partial charge in [-0.3, -0.25) is 4.99 Å². The Bertz CT molecular complexity index is 280. The highest BCUT2D eigenvalue weighted by Crippen LogP contribution is 2.40. The van der Waals surface area contributed by atoms with Crippen LogP contribution >= 0.6 is 0 Å². The van der Waals surface area contributed by atoms with Gasteiger partial charge in [-0.2, -0.15) is 0 Å². The summed E-state index contributed by atoms with van der Waals surface area (Å²) in [4.78, 5) is 4.50. The van der Waals surface area contributed by atoms with Crippen LogP contribution in [-0.2, 0) is 0 Å². The van der Waals surface area contributed by atoms with Gasteiger partial charge in [0, 0.05) is 6.54 Å². The van der Waals surface area contributed by atoms with Crippen LogP contribution in [0.5, 0.6) is 0 Å². The molecule has 0 bridgehead atoms. The van der Waals surface area contributed by atoms with Crippen molar-refractivity contribution >= 4 is 5.84 Å². The van der Waals surface area contributed by atoms with E-state index in [1.165, 1.54) is 12.8 Å². The predicted octanol–water partition coefficient (Wildman–Crippen LogP) is 1.92. The maximum absolute atomic E-state index is 6.48. The van der Waals surface area contributed by atoms with Crippen LogP contribution in [0.3, 0.4) is 0 Å². The molecule has 1 fully saturated rings. The smallest absolute Gasteiger partial charge is 0.117 e. The average Bonchev–Trinajstić information content (AvgIpc) is 2.70. The van der Waals surface area contributed by atoms with Crippen LogP contribution in [0.1, 0.15) is 46.5 Å². The second-order valence-corrected chi connectivity index (χ2v) is 6.45. The van der Waals surface area contributed by atoms with Gasteiger partial charge in [-0.15, -0.1) is 0 Å². The molecule has 3 heteroatoms. The zero-order chi connectivity index (χ0) is 11.8. The van der Waals surface area contributed by atoms with E-state index in [2.05, 4.69) is 31.1 Å². The van der Waals surface area contributed by atoms with Crippen LogP contribution in [0.2, 0.25) is 0 Å². The van der Waals surface area contributed by atoms with E-state index in [-0.39, 0.29) is 5.54 Å². The number of nitrogens with one attached hydrogen (secondary N) is 1. The van der Waals surface area contributed by atoms with Crippen LogP contribution in [0, 0.1) is 11.3 Å². The Balaban J connectivity index is 1.98. The van der Waals surface area contributed by atoms with Gasteiger partial charge in [-0.25, -0.2) is 0 Å². The molecule has 0 unspecified atom stereocenters. The van der Waals surface area contributed by atoms with Crippen molar-refractivity contribution in [3.63, 3.8) is 0 Å². The van der Waals surface area contributed by atoms with Gasteiger partial charge in [0.2, 0.25) is 0 Å². The fourth-order valence-electron chi connectivity index (χ4n) is 2.97. The van der Waals surface area contributed by atoms with E-state index in [1.54, 1.807) is 0 Å². The van der Waals surface area contributed by atoms with Gasteiger partial charge < -0.3 is 11.1 Å². The summed E-state index contributed by atoms with van der Waals surface area (Å²) in [5.41, 5.74) is 6.74. The molecule has 92 valence electrons. The van der Waals surface area contributed by atoms with Gasteiger partial charge in [-0.1, -0.05) is 20.8 Å². The van der Waals surface area contributed by atoms with Crippen molar-refractivity contribution in [2.24, 2.45) is 22.1 Å². The van der Waals surface area contributed by atoms with E-state index in [4.69, 9.17) is 5.73 Å². The van der Waals surface area contributed by atoms with E-state index in [0.29, 0.717) is 5.41 Å². The minimum Gasteiger partial charge on any atom is -0.370 e. The third kappa shape index (κ3) is 2.24. The van der Waals surface area contributed by atoms with Crippen molar-refractivity contribution in [3.8, 4) is 0 Å². The Labute approximate surface area is 98.9 Å². The van der Waals surface area contributed by atoms with Crippen LogP contribution in [0.15, 0.2) is 4.99 Å². The monoisotopic (exact) mass is 223 g/mol. The van der Waals surface area contributed by atoms with Gasteiger partial charge >= 0.3 is 0 Å².